The maximum Gasteiger partial charge on any atom is 0.416 e. The molecule has 0 aliphatic heterocycles. The van der Waals surface area contributed by atoms with Crippen LogP contribution in [0.3, 0.4) is 0 Å². The summed E-state index contributed by atoms with van der Waals surface area (Å²) < 4.78 is 64.3. The SMILES string of the molecule is O=S(=O)(Nc1cccc(C(F)(F)F)c1)c1cccc(Cl)c1Cl. The minimum Gasteiger partial charge on any atom is -0.280 e. The monoisotopic (exact) mass is 369 g/mol. The van der Waals surface area contributed by atoms with Crippen LogP contribution in [0.25, 0.3) is 0 Å². The van der Waals surface area contributed by atoms with E-state index in [1.165, 1.54) is 24.3 Å². The third kappa shape index (κ3) is 3.66. The second-order valence-electron chi connectivity index (χ2n) is 4.24. The number of hydrogen-bond acceptors (Lipinski definition) is 2. The van der Waals surface area contributed by atoms with Crippen LogP contribution in [-0.2, 0) is 16.2 Å². The number of sulfonamides is 1. The summed E-state index contributed by atoms with van der Waals surface area (Å²) in [5.74, 6) is 0. The Morgan fingerprint density at radius 2 is 1.64 bits per heavy atom. The first-order valence-corrected chi connectivity index (χ1v) is 7.99. The van der Waals surface area contributed by atoms with E-state index in [2.05, 4.69) is 0 Å². The maximum atomic E-state index is 12.6. The predicted molar refractivity (Wildman–Crippen MR) is 78.7 cm³/mol. The number of nitrogens with one attached hydrogen (secondary N) is 1. The van der Waals surface area contributed by atoms with Gasteiger partial charge in [0.1, 0.15) is 4.90 Å². The Labute approximate surface area is 134 Å². The fourth-order valence-electron chi connectivity index (χ4n) is 1.66. The van der Waals surface area contributed by atoms with Crippen molar-refractivity contribution in [2.45, 2.75) is 11.1 Å². The first-order valence-electron chi connectivity index (χ1n) is 5.75. The van der Waals surface area contributed by atoms with Gasteiger partial charge in [-0.15, -0.1) is 0 Å². The average molecular weight is 370 g/mol. The van der Waals surface area contributed by atoms with Crippen LogP contribution in [0, 0.1) is 0 Å². The molecule has 2 aromatic rings. The Morgan fingerprint density at radius 3 is 2.27 bits per heavy atom. The Balaban J connectivity index is 2.40. The van der Waals surface area contributed by atoms with Crippen LogP contribution in [0.1, 0.15) is 5.56 Å². The molecule has 9 heteroatoms. The van der Waals surface area contributed by atoms with Crippen molar-refractivity contribution in [2.75, 3.05) is 4.72 Å². The molecule has 0 amide bonds. The quantitative estimate of drug-likeness (QED) is 0.843. The zero-order valence-corrected chi connectivity index (χ0v) is 13.0. The van der Waals surface area contributed by atoms with E-state index in [4.69, 9.17) is 23.2 Å². The molecule has 0 fully saturated rings. The summed E-state index contributed by atoms with van der Waals surface area (Å²) in [6.45, 7) is 0. The Morgan fingerprint density at radius 1 is 1.00 bits per heavy atom. The highest BCUT2D eigenvalue weighted by molar-refractivity contribution is 7.92. The Kier molecular flexibility index (Phi) is 4.60. The summed E-state index contributed by atoms with van der Waals surface area (Å²) >= 11 is 11.6. The molecule has 0 spiro atoms. The van der Waals surface area contributed by atoms with Crippen molar-refractivity contribution in [1.82, 2.24) is 0 Å². The zero-order valence-electron chi connectivity index (χ0n) is 10.7. The molecule has 1 N–H and O–H groups in total. The van der Waals surface area contributed by atoms with Gasteiger partial charge in [0.2, 0.25) is 0 Å². The lowest BCUT2D eigenvalue weighted by atomic mass is 10.2. The summed E-state index contributed by atoms with van der Waals surface area (Å²) in [6.07, 6.45) is -4.57. The molecule has 0 aromatic heterocycles. The van der Waals surface area contributed by atoms with Crippen molar-refractivity contribution < 1.29 is 21.6 Å². The molecule has 0 saturated carbocycles. The van der Waals surface area contributed by atoms with Gasteiger partial charge in [0.05, 0.1) is 15.6 Å². The van der Waals surface area contributed by atoms with Gasteiger partial charge in [0, 0.05) is 5.69 Å². The molecule has 0 radical (unpaired) electrons. The van der Waals surface area contributed by atoms with Gasteiger partial charge in [-0.3, -0.25) is 4.72 Å². The molecule has 0 heterocycles. The number of benzene rings is 2. The number of rotatable bonds is 3. The first kappa shape index (κ1) is 16.9. The first-order chi connectivity index (χ1) is 10.1. The molecule has 22 heavy (non-hydrogen) atoms. The van der Waals surface area contributed by atoms with Crippen LogP contribution in [0.2, 0.25) is 10.0 Å². The van der Waals surface area contributed by atoms with Gasteiger partial charge < -0.3 is 0 Å². The predicted octanol–water partition coefficient (Wildman–Crippen LogP) is 4.81. The molecule has 0 aliphatic carbocycles. The van der Waals surface area contributed by atoms with Gasteiger partial charge >= 0.3 is 6.18 Å². The van der Waals surface area contributed by atoms with Gasteiger partial charge in [0.15, 0.2) is 0 Å². The number of hydrogen-bond donors (Lipinski definition) is 1. The zero-order chi connectivity index (χ0) is 16.5. The highest BCUT2D eigenvalue weighted by Gasteiger charge is 2.31. The van der Waals surface area contributed by atoms with Gasteiger partial charge in [-0.05, 0) is 30.3 Å². The van der Waals surface area contributed by atoms with Crippen molar-refractivity contribution >= 4 is 38.9 Å². The fraction of sp³-hybridized carbons (Fsp3) is 0.0769. The van der Waals surface area contributed by atoms with Crippen molar-refractivity contribution in [1.29, 1.82) is 0 Å². The molecule has 0 saturated heterocycles. The lowest BCUT2D eigenvalue weighted by Gasteiger charge is -2.12. The number of anilines is 1. The average Bonchev–Trinajstić information content (AvgIpc) is 2.40. The van der Waals surface area contributed by atoms with E-state index in [0.717, 1.165) is 12.1 Å². The van der Waals surface area contributed by atoms with Crippen LogP contribution in [0.4, 0.5) is 18.9 Å². The molecule has 3 nitrogen and oxygen atoms in total. The summed E-state index contributed by atoms with van der Waals surface area (Å²) in [4.78, 5) is -0.320. The lowest BCUT2D eigenvalue weighted by Crippen LogP contribution is -2.14. The molecule has 118 valence electrons. The van der Waals surface area contributed by atoms with Crippen LogP contribution in [0.5, 0.6) is 0 Å². The van der Waals surface area contributed by atoms with E-state index >= 15 is 0 Å². The smallest absolute Gasteiger partial charge is 0.280 e. The van der Waals surface area contributed by atoms with E-state index in [9.17, 15) is 21.6 Å². The van der Waals surface area contributed by atoms with Crippen molar-refractivity contribution in [3.05, 3.63) is 58.1 Å². The van der Waals surface area contributed by atoms with E-state index in [1.807, 2.05) is 4.72 Å². The van der Waals surface area contributed by atoms with E-state index in [0.29, 0.717) is 6.07 Å². The summed E-state index contributed by atoms with van der Waals surface area (Å²) in [5.41, 5.74) is -1.20. The summed E-state index contributed by atoms with van der Waals surface area (Å²) in [7, 11) is -4.16. The van der Waals surface area contributed by atoms with Gasteiger partial charge in [-0.25, -0.2) is 8.42 Å². The van der Waals surface area contributed by atoms with Crippen molar-refractivity contribution in [2.24, 2.45) is 0 Å². The Bertz CT molecular complexity index is 807. The molecule has 2 rings (SSSR count). The van der Waals surface area contributed by atoms with Gasteiger partial charge in [-0.1, -0.05) is 35.3 Å². The summed E-state index contributed by atoms with van der Waals surface area (Å²) in [6, 6.07) is 7.79. The highest BCUT2D eigenvalue weighted by atomic mass is 35.5. The van der Waals surface area contributed by atoms with E-state index in [1.54, 1.807) is 0 Å². The molecule has 2 aromatic carbocycles. The third-order valence-electron chi connectivity index (χ3n) is 2.65. The van der Waals surface area contributed by atoms with E-state index in [-0.39, 0.29) is 20.6 Å². The largest absolute Gasteiger partial charge is 0.416 e. The fourth-order valence-corrected chi connectivity index (χ4v) is 3.47. The molecular formula is C13H8Cl2F3NO2S. The topological polar surface area (TPSA) is 46.2 Å². The molecule has 0 bridgehead atoms. The Hall–Kier alpha value is -1.44. The molecule has 0 unspecified atom stereocenters. The standard InChI is InChI=1S/C13H8Cl2F3NO2S/c14-10-5-2-6-11(12(10)15)22(20,21)19-9-4-1-3-8(7-9)13(16,17)18/h1-7,19H. The number of alkyl halides is 3. The number of halogens is 5. The van der Waals surface area contributed by atoms with Crippen LogP contribution < -0.4 is 4.72 Å². The molecular weight excluding hydrogens is 362 g/mol. The minimum absolute atomic E-state index is 0.0218. The molecule has 0 atom stereocenters. The van der Waals surface area contributed by atoms with E-state index < -0.39 is 21.8 Å². The van der Waals surface area contributed by atoms with Crippen LogP contribution in [0.15, 0.2) is 47.4 Å². The van der Waals surface area contributed by atoms with Crippen LogP contribution >= 0.6 is 23.2 Å². The molecule has 0 aliphatic rings. The summed E-state index contributed by atoms with van der Waals surface area (Å²) in [5, 5.41) is -0.183. The lowest BCUT2D eigenvalue weighted by molar-refractivity contribution is -0.137. The van der Waals surface area contributed by atoms with Crippen molar-refractivity contribution in [3.63, 3.8) is 0 Å². The van der Waals surface area contributed by atoms with Crippen molar-refractivity contribution in [3.8, 4) is 0 Å². The third-order valence-corrected chi connectivity index (χ3v) is 5.00. The van der Waals surface area contributed by atoms with Crippen LogP contribution in [-0.4, -0.2) is 8.42 Å². The maximum absolute atomic E-state index is 12.6. The highest BCUT2D eigenvalue weighted by Crippen LogP contribution is 2.33. The normalized spacial score (nSPS) is 12.2. The van der Waals surface area contributed by atoms with Gasteiger partial charge in [-0.2, -0.15) is 13.2 Å². The minimum atomic E-state index is -4.57. The van der Waals surface area contributed by atoms with Gasteiger partial charge in [0.25, 0.3) is 10.0 Å². The second-order valence-corrected chi connectivity index (χ2v) is 6.67. The second kappa shape index (κ2) is 5.98.